The van der Waals surface area contributed by atoms with E-state index in [1.807, 2.05) is 12.4 Å². The molecular weight excluding hydrogens is 360 g/mol. The highest BCUT2D eigenvalue weighted by molar-refractivity contribution is 9.10. The normalized spacial score (nSPS) is 16.8. The summed E-state index contributed by atoms with van der Waals surface area (Å²) in [6, 6.07) is 0.438. The molecule has 23 heavy (non-hydrogen) atoms. The van der Waals surface area contributed by atoms with Gasteiger partial charge in [0, 0.05) is 38.5 Å². The van der Waals surface area contributed by atoms with Gasteiger partial charge in [0.25, 0.3) is 0 Å². The van der Waals surface area contributed by atoms with Crippen molar-refractivity contribution in [2.45, 2.75) is 18.9 Å². The van der Waals surface area contributed by atoms with E-state index in [0.29, 0.717) is 16.5 Å². The summed E-state index contributed by atoms with van der Waals surface area (Å²) in [7, 11) is 1.75. The number of anilines is 1. The Bertz CT molecular complexity index is 653. The summed E-state index contributed by atoms with van der Waals surface area (Å²) in [6.07, 6.45) is 7.75. The number of nitrogens with zero attached hydrogens (tertiary/aromatic N) is 5. The molecule has 0 atom stereocenters. The first-order valence-corrected chi connectivity index (χ1v) is 8.50. The van der Waals surface area contributed by atoms with Gasteiger partial charge in [-0.15, -0.1) is 0 Å². The lowest BCUT2D eigenvalue weighted by atomic mass is 10.1. The summed E-state index contributed by atoms with van der Waals surface area (Å²) >= 11 is 3.31. The Labute approximate surface area is 144 Å². The molecule has 0 unspecified atom stereocenters. The van der Waals surface area contributed by atoms with Crippen molar-refractivity contribution >= 4 is 21.7 Å². The van der Waals surface area contributed by atoms with Gasteiger partial charge in [-0.05, 0) is 28.8 Å². The average molecular weight is 381 g/mol. The van der Waals surface area contributed by atoms with E-state index in [9.17, 15) is 0 Å². The molecule has 1 fully saturated rings. The van der Waals surface area contributed by atoms with Crippen LogP contribution >= 0.6 is 15.9 Å². The maximum Gasteiger partial charge on any atom is 0.156 e. The van der Waals surface area contributed by atoms with Crippen LogP contribution in [-0.4, -0.2) is 58.0 Å². The fraction of sp³-hybridized carbons (Fsp3) is 0.533. The van der Waals surface area contributed by atoms with E-state index in [4.69, 9.17) is 10.5 Å². The quantitative estimate of drug-likeness (QED) is 0.853. The molecule has 3 rings (SSSR count). The minimum absolute atomic E-state index is 0.393. The zero-order chi connectivity index (χ0) is 16.2. The number of hydrogen-bond acceptors (Lipinski definition) is 6. The van der Waals surface area contributed by atoms with Gasteiger partial charge in [-0.25, -0.2) is 9.97 Å². The Hall–Kier alpha value is -1.51. The highest BCUT2D eigenvalue weighted by atomic mass is 79.9. The molecule has 1 aliphatic heterocycles. The van der Waals surface area contributed by atoms with Gasteiger partial charge in [0.1, 0.15) is 4.60 Å². The van der Waals surface area contributed by atoms with E-state index in [2.05, 4.69) is 40.6 Å². The van der Waals surface area contributed by atoms with Crippen molar-refractivity contribution in [3.8, 4) is 11.3 Å². The molecule has 2 aromatic rings. The second kappa shape index (κ2) is 7.37. The van der Waals surface area contributed by atoms with E-state index in [-0.39, 0.29) is 0 Å². The molecule has 3 heterocycles. The van der Waals surface area contributed by atoms with Gasteiger partial charge in [-0.3, -0.25) is 4.68 Å². The highest BCUT2D eigenvalue weighted by Gasteiger charge is 2.21. The first-order valence-electron chi connectivity index (χ1n) is 7.71. The van der Waals surface area contributed by atoms with Gasteiger partial charge < -0.3 is 15.4 Å². The summed E-state index contributed by atoms with van der Waals surface area (Å²) in [4.78, 5) is 11.0. The standard InChI is InChI=1S/C15H21BrN6O/c1-23-7-6-21-4-2-12(3-5-21)22-10-11(8-19-22)13-9-18-15(17)14(16)20-13/h8-10,12H,2-7H2,1H3,(H2,17,18). The maximum atomic E-state index is 5.68. The number of rotatable bonds is 5. The largest absolute Gasteiger partial charge is 0.383 e. The van der Waals surface area contributed by atoms with Crippen LogP contribution in [0.1, 0.15) is 18.9 Å². The topological polar surface area (TPSA) is 82.1 Å². The van der Waals surface area contributed by atoms with Crippen LogP contribution in [0.15, 0.2) is 23.2 Å². The number of methoxy groups -OCH3 is 1. The first-order chi connectivity index (χ1) is 11.2. The maximum absolute atomic E-state index is 5.68. The Balaban J connectivity index is 1.64. The van der Waals surface area contributed by atoms with E-state index >= 15 is 0 Å². The Kier molecular flexibility index (Phi) is 5.24. The van der Waals surface area contributed by atoms with Crippen LogP contribution in [-0.2, 0) is 4.74 Å². The Morgan fingerprint density at radius 3 is 2.83 bits per heavy atom. The molecule has 0 radical (unpaired) electrons. The fourth-order valence-electron chi connectivity index (χ4n) is 2.81. The first kappa shape index (κ1) is 16.4. The lowest BCUT2D eigenvalue weighted by molar-refractivity contribution is 0.119. The van der Waals surface area contributed by atoms with Crippen LogP contribution in [0.4, 0.5) is 5.82 Å². The van der Waals surface area contributed by atoms with Crippen LogP contribution in [0.5, 0.6) is 0 Å². The Morgan fingerprint density at radius 1 is 1.35 bits per heavy atom. The molecule has 1 aliphatic rings. The van der Waals surface area contributed by atoms with Crippen LogP contribution in [0.25, 0.3) is 11.3 Å². The van der Waals surface area contributed by atoms with Gasteiger partial charge >= 0.3 is 0 Å². The molecule has 1 saturated heterocycles. The van der Waals surface area contributed by atoms with Crippen molar-refractivity contribution in [1.82, 2.24) is 24.6 Å². The molecule has 0 spiro atoms. The smallest absolute Gasteiger partial charge is 0.156 e. The zero-order valence-corrected chi connectivity index (χ0v) is 14.7. The van der Waals surface area contributed by atoms with Crippen molar-refractivity contribution < 1.29 is 4.74 Å². The van der Waals surface area contributed by atoms with E-state index < -0.39 is 0 Å². The lowest BCUT2D eigenvalue weighted by Crippen LogP contribution is -2.36. The van der Waals surface area contributed by atoms with E-state index in [1.165, 1.54) is 0 Å². The summed E-state index contributed by atoms with van der Waals surface area (Å²) in [5.74, 6) is 0.393. The van der Waals surface area contributed by atoms with Crippen molar-refractivity contribution in [2.75, 3.05) is 39.1 Å². The van der Waals surface area contributed by atoms with Crippen LogP contribution < -0.4 is 5.73 Å². The summed E-state index contributed by atoms with van der Waals surface area (Å²) in [5, 5.41) is 4.51. The third-order valence-electron chi connectivity index (χ3n) is 4.20. The molecule has 2 N–H and O–H groups in total. The van der Waals surface area contributed by atoms with Crippen LogP contribution in [0.3, 0.4) is 0 Å². The second-order valence-corrected chi connectivity index (χ2v) is 6.46. The molecule has 0 bridgehead atoms. The van der Waals surface area contributed by atoms with Crippen molar-refractivity contribution in [3.05, 3.63) is 23.2 Å². The van der Waals surface area contributed by atoms with Gasteiger partial charge in [0.2, 0.25) is 0 Å². The molecule has 7 nitrogen and oxygen atoms in total. The van der Waals surface area contributed by atoms with Gasteiger partial charge in [0.15, 0.2) is 5.82 Å². The predicted molar refractivity (Wildman–Crippen MR) is 92.0 cm³/mol. The van der Waals surface area contributed by atoms with Crippen molar-refractivity contribution in [2.24, 2.45) is 0 Å². The second-order valence-electron chi connectivity index (χ2n) is 5.71. The summed E-state index contributed by atoms with van der Waals surface area (Å²) in [6.45, 7) is 3.96. The summed E-state index contributed by atoms with van der Waals surface area (Å²) < 4.78 is 7.76. The molecular formula is C15H21BrN6O. The Morgan fingerprint density at radius 2 is 2.13 bits per heavy atom. The van der Waals surface area contributed by atoms with Crippen LogP contribution in [0.2, 0.25) is 0 Å². The lowest BCUT2D eigenvalue weighted by Gasteiger charge is -2.31. The predicted octanol–water partition coefficient (Wildman–Crippen LogP) is 1.97. The number of ether oxygens (including phenoxy) is 1. The summed E-state index contributed by atoms with van der Waals surface area (Å²) in [5.41, 5.74) is 7.41. The number of nitrogen functional groups attached to an aromatic ring is 1. The monoisotopic (exact) mass is 380 g/mol. The van der Waals surface area contributed by atoms with Gasteiger partial charge in [0.05, 0.1) is 30.7 Å². The minimum atomic E-state index is 0.393. The van der Waals surface area contributed by atoms with E-state index in [1.54, 1.807) is 13.3 Å². The third-order valence-corrected chi connectivity index (χ3v) is 4.78. The molecule has 0 amide bonds. The molecule has 0 aliphatic carbocycles. The minimum Gasteiger partial charge on any atom is -0.383 e. The third kappa shape index (κ3) is 3.88. The zero-order valence-electron chi connectivity index (χ0n) is 13.2. The SMILES string of the molecule is COCCN1CCC(n2cc(-c3cnc(N)c(Br)n3)cn2)CC1. The number of hydrogen-bond donors (Lipinski definition) is 1. The van der Waals surface area contributed by atoms with Gasteiger partial charge in [-0.2, -0.15) is 5.10 Å². The molecule has 8 heteroatoms. The number of nitrogens with two attached hydrogens (primary N) is 1. The number of likely N-dealkylation sites (tertiary alicyclic amines) is 1. The van der Waals surface area contributed by atoms with Crippen molar-refractivity contribution in [3.63, 3.8) is 0 Å². The van der Waals surface area contributed by atoms with Crippen LogP contribution in [0, 0.1) is 0 Å². The highest BCUT2D eigenvalue weighted by Crippen LogP contribution is 2.25. The fourth-order valence-corrected chi connectivity index (χ4v) is 3.11. The number of piperidine rings is 1. The van der Waals surface area contributed by atoms with E-state index in [0.717, 1.165) is 50.3 Å². The van der Waals surface area contributed by atoms with Gasteiger partial charge in [-0.1, -0.05) is 0 Å². The van der Waals surface area contributed by atoms with Crippen molar-refractivity contribution in [1.29, 1.82) is 0 Å². The molecule has 2 aromatic heterocycles. The molecule has 0 saturated carbocycles. The molecule has 124 valence electrons. The average Bonchev–Trinajstić information content (AvgIpc) is 3.06. The number of halogens is 1. The number of aromatic nitrogens is 4. The molecule has 0 aromatic carbocycles.